The third kappa shape index (κ3) is 7.76. The first-order valence-electron chi connectivity index (χ1n) is 12.2. The second-order valence-corrected chi connectivity index (χ2v) is 10.8. The predicted octanol–water partition coefficient (Wildman–Crippen LogP) is 4.14. The fourth-order valence-corrected chi connectivity index (χ4v) is 5.30. The fraction of sp³-hybridized carbons (Fsp3) is 0.346. The maximum atomic E-state index is 12.9. The number of ether oxygens (including phenoxy) is 2. The van der Waals surface area contributed by atoms with E-state index in [-0.39, 0.29) is 30.2 Å². The Morgan fingerprint density at radius 1 is 1.08 bits per heavy atom. The summed E-state index contributed by atoms with van der Waals surface area (Å²) >= 11 is 1.45. The number of aryl methyl sites for hydroxylation is 1. The van der Waals surface area contributed by atoms with E-state index in [4.69, 9.17) is 14.0 Å². The van der Waals surface area contributed by atoms with Gasteiger partial charge in [-0.05, 0) is 48.7 Å². The highest BCUT2D eigenvalue weighted by atomic mass is 32.2. The molecular weight excluding hydrogens is 530 g/mol. The summed E-state index contributed by atoms with van der Waals surface area (Å²) in [5.41, 5.74) is 2.42. The van der Waals surface area contributed by atoms with Gasteiger partial charge in [0.05, 0.1) is 30.6 Å². The monoisotopic (exact) mass is 559 g/mol. The maximum Gasteiger partial charge on any atom is 0.357 e. The van der Waals surface area contributed by atoms with Crippen molar-refractivity contribution in [2.24, 2.45) is 0 Å². The van der Waals surface area contributed by atoms with Gasteiger partial charge in [0.1, 0.15) is 5.01 Å². The molecule has 3 N–H and O–H groups in total. The van der Waals surface area contributed by atoms with Gasteiger partial charge >= 0.3 is 10.3 Å². The van der Waals surface area contributed by atoms with Crippen LogP contribution in [0.15, 0.2) is 47.8 Å². The number of amides is 1. The van der Waals surface area contributed by atoms with Crippen LogP contribution in [0.2, 0.25) is 0 Å². The maximum absolute atomic E-state index is 12.9. The molecule has 2 heterocycles. The highest BCUT2D eigenvalue weighted by Gasteiger charge is 2.21. The zero-order chi connectivity index (χ0) is 27.1. The summed E-state index contributed by atoms with van der Waals surface area (Å²) in [5.74, 6) is 0.690. The van der Waals surface area contributed by atoms with Gasteiger partial charge in [0.25, 0.3) is 0 Å². The Bertz CT molecular complexity index is 1390. The molecule has 0 saturated heterocycles. The van der Waals surface area contributed by atoms with E-state index >= 15 is 0 Å². The van der Waals surface area contributed by atoms with Crippen LogP contribution in [-0.4, -0.2) is 42.9 Å². The average molecular weight is 560 g/mol. The molecule has 0 spiro atoms. The molecule has 1 aliphatic heterocycles. The lowest BCUT2D eigenvalue weighted by Crippen LogP contribution is -2.30. The third-order valence-corrected chi connectivity index (χ3v) is 7.36. The van der Waals surface area contributed by atoms with Gasteiger partial charge in [0.2, 0.25) is 5.91 Å². The molecule has 1 aromatic heterocycles. The van der Waals surface area contributed by atoms with E-state index in [0.29, 0.717) is 36.7 Å². The Morgan fingerprint density at radius 3 is 2.50 bits per heavy atom. The van der Waals surface area contributed by atoms with Crippen LogP contribution in [0.4, 0.5) is 5.69 Å². The van der Waals surface area contributed by atoms with Gasteiger partial charge in [-0.2, -0.15) is 8.42 Å². The third-order valence-electron chi connectivity index (χ3n) is 5.85. The molecule has 0 unspecified atom stereocenters. The number of ketones is 1. The van der Waals surface area contributed by atoms with Crippen molar-refractivity contribution in [3.8, 4) is 11.5 Å². The summed E-state index contributed by atoms with van der Waals surface area (Å²) in [5, 5.41) is 5.68. The number of carbonyl (C=O) groups is 2. The summed E-state index contributed by atoms with van der Waals surface area (Å²) in [6.07, 6.45) is 1.98. The molecule has 10 nitrogen and oxygen atoms in total. The summed E-state index contributed by atoms with van der Waals surface area (Å²) < 4.78 is 44.3. The Labute approximate surface area is 225 Å². The van der Waals surface area contributed by atoms with Crippen molar-refractivity contribution in [3.63, 3.8) is 0 Å². The fourth-order valence-electron chi connectivity index (χ4n) is 3.91. The smallest absolute Gasteiger partial charge is 0.357 e. The molecule has 2 aromatic carbocycles. The van der Waals surface area contributed by atoms with Gasteiger partial charge in [-0.1, -0.05) is 19.1 Å². The number of aromatic nitrogens is 1. The predicted molar refractivity (Wildman–Crippen MR) is 143 cm³/mol. The van der Waals surface area contributed by atoms with Crippen LogP contribution in [-0.2, 0) is 27.9 Å². The van der Waals surface area contributed by atoms with Gasteiger partial charge in [0, 0.05) is 30.2 Å². The number of benzene rings is 2. The number of thiazole rings is 1. The van der Waals surface area contributed by atoms with E-state index in [0.717, 1.165) is 29.1 Å². The van der Waals surface area contributed by atoms with Crippen molar-refractivity contribution in [2.75, 3.05) is 17.9 Å². The summed E-state index contributed by atoms with van der Waals surface area (Å²) in [4.78, 5) is 30.3. The first-order valence-corrected chi connectivity index (χ1v) is 14.5. The molecule has 0 saturated carbocycles. The minimum absolute atomic E-state index is 0.00695. The van der Waals surface area contributed by atoms with E-state index in [1.807, 2.05) is 17.0 Å². The van der Waals surface area contributed by atoms with Crippen LogP contribution >= 0.6 is 11.3 Å². The summed E-state index contributed by atoms with van der Waals surface area (Å²) in [6, 6.07) is 11.1. The molecule has 0 radical (unpaired) electrons. The standard InChI is InChI=1S/C26H29N3O7S2/c1-2-19-16-37-26(27-19)21(14-17-4-7-20(8-5-17)29-38(32,33)34)28-25(31)11-9-22(30)18-6-10-23-24(15-18)36-13-3-12-35-23/h4-8,10,15-16,21,29H,2-3,9,11-14H2,1H3,(H,28,31)(H,32,33,34)/t21-/m0/s1. The number of Topliss-reactive ketones (excluding diaryl/α,β-unsaturated/α-hetero) is 1. The van der Waals surface area contributed by atoms with Crippen molar-refractivity contribution in [3.05, 3.63) is 69.7 Å². The average Bonchev–Trinajstić information content (AvgIpc) is 3.25. The second kappa shape index (κ2) is 12.4. The summed E-state index contributed by atoms with van der Waals surface area (Å²) in [7, 11) is -4.37. The molecule has 202 valence electrons. The molecule has 0 aliphatic carbocycles. The van der Waals surface area contributed by atoms with Gasteiger partial charge < -0.3 is 14.8 Å². The molecule has 0 bridgehead atoms. The van der Waals surface area contributed by atoms with Crippen LogP contribution in [0, 0.1) is 0 Å². The minimum atomic E-state index is -4.37. The van der Waals surface area contributed by atoms with Crippen molar-refractivity contribution < 1.29 is 32.0 Å². The number of fused-ring (bicyclic) bond motifs is 1. The zero-order valence-corrected chi connectivity index (χ0v) is 22.4. The van der Waals surface area contributed by atoms with Gasteiger partial charge in [-0.25, -0.2) is 4.98 Å². The molecule has 1 atom stereocenters. The van der Waals surface area contributed by atoms with Crippen LogP contribution in [0.3, 0.4) is 0 Å². The highest BCUT2D eigenvalue weighted by molar-refractivity contribution is 7.87. The number of hydrogen-bond acceptors (Lipinski definition) is 8. The zero-order valence-electron chi connectivity index (χ0n) is 20.8. The second-order valence-electron chi connectivity index (χ2n) is 8.76. The summed E-state index contributed by atoms with van der Waals surface area (Å²) in [6.45, 7) is 3.08. The molecule has 1 aliphatic rings. The minimum Gasteiger partial charge on any atom is -0.490 e. The normalized spacial score (nSPS) is 13.8. The number of anilines is 1. The Balaban J connectivity index is 1.40. The number of rotatable bonds is 11. The molecule has 3 aromatic rings. The van der Waals surface area contributed by atoms with E-state index in [9.17, 15) is 18.0 Å². The first-order chi connectivity index (χ1) is 18.2. The number of hydrogen-bond donors (Lipinski definition) is 3. The van der Waals surface area contributed by atoms with Crippen molar-refractivity contribution in [1.82, 2.24) is 10.3 Å². The molecule has 38 heavy (non-hydrogen) atoms. The first kappa shape index (κ1) is 27.6. The Morgan fingerprint density at radius 2 is 1.82 bits per heavy atom. The quantitative estimate of drug-likeness (QED) is 0.235. The van der Waals surface area contributed by atoms with Crippen LogP contribution < -0.4 is 19.5 Å². The largest absolute Gasteiger partial charge is 0.490 e. The molecule has 0 fully saturated rings. The number of carbonyl (C=O) groups excluding carboxylic acids is 2. The van der Waals surface area contributed by atoms with Crippen LogP contribution in [0.1, 0.15) is 58.9 Å². The lowest BCUT2D eigenvalue weighted by molar-refractivity contribution is -0.121. The Kier molecular flexibility index (Phi) is 8.97. The van der Waals surface area contributed by atoms with E-state index < -0.39 is 16.3 Å². The van der Waals surface area contributed by atoms with Crippen LogP contribution in [0.5, 0.6) is 11.5 Å². The van der Waals surface area contributed by atoms with E-state index in [2.05, 4.69) is 10.3 Å². The number of nitrogens with zero attached hydrogens (tertiary/aromatic N) is 1. The van der Waals surface area contributed by atoms with Gasteiger partial charge in [-0.15, -0.1) is 11.3 Å². The highest BCUT2D eigenvalue weighted by Crippen LogP contribution is 2.31. The van der Waals surface area contributed by atoms with Gasteiger partial charge in [0.15, 0.2) is 17.3 Å². The van der Waals surface area contributed by atoms with E-state index in [1.54, 1.807) is 30.3 Å². The molecular formula is C26H29N3O7S2. The molecule has 12 heteroatoms. The van der Waals surface area contributed by atoms with Gasteiger partial charge in [-0.3, -0.25) is 18.9 Å². The van der Waals surface area contributed by atoms with Crippen LogP contribution in [0.25, 0.3) is 0 Å². The number of nitrogens with one attached hydrogen (secondary N) is 2. The lowest BCUT2D eigenvalue weighted by atomic mass is 10.0. The Hall–Kier alpha value is -3.48. The van der Waals surface area contributed by atoms with Crippen molar-refractivity contribution in [2.45, 2.75) is 45.1 Å². The lowest BCUT2D eigenvalue weighted by Gasteiger charge is -2.17. The van der Waals surface area contributed by atoms with Crippen molar-refractivity contribution >= 4 is 39.0 Å². The topological polar surface area (TPSA) is 144 Å². The molecule has 1 amide bonds. The molecule has 4 rings (SSSR count). The van der Waals surface area contributed by atoms with Crippen molar-refractivity contribution in [1.29, 1.82) is 0 Å². The van der Waals surface area contributed by atoms with E-state index in [1.165, 1.54) is 23.5 Å². The SMILES string of the molecule is CCc1csc([C@H](Cc2ccc(NS(=O)(=O)O)cc2)NC(=O)CCC(=O)c2ccc3c(c2)OCCCO3)n1.